The van der Waals surface area contributed by atoms with Crippen molar-refractivity contribution in [3.63, 3.8) is 0 Å². The number of benzene rings is 2. The Morgan fingerprint density at radius 2 is 1.52 bits per heavy atom. The third-order valence-electron chi connectivity index (χ3n) is 3.36. The molecule has 0 atom stereocenters. The van der Waals surface area contributed by atoms with Crippen molar-refractivity contribution in [2.45, 2.75) is 11.4 Å². The lowest BCUT2D eigenvalue weighted by molar-refractivity contribution is 0.498. The summed E-state index contributed by atoms with van der Waals surface area (Å²) < 4.78 is 32.1. The number of halogens is 1. The largest absolute Gasteiger partial charge is 0.468 e. The SMILES string of the molecule is O=S(=O)(NCc1ccco1)c1ccc(-c2ccc(Cl)cc2)cc1. The molecule has 118 valence electrons. The zero-order valence-electron chi connectivity index (χ0n) is 12.1. The summed E-state index contributed by atoms with van der Waals surface area (Å²) in [6, 6.07) is 17.5. The van der Waals surface area contributed by atoms with Crippen molar-refractivity contribution in [1.82, 2.24) is 4.72 Å². The first-order valence-electron chi connectivity index (χ1n) is 6.93. The fraction of sp³-hybridized carbons (Fsp3) is 0.0588. The maximum atomic E-state index is 12.2. The van der Waals surface area contributed by atoms with Gasteiger partial charge in [-0.15, -0.1) is 0 Å². The van der Waals surface area contributed by atoms with Crippen LogP contribution in [0, 0.1) is 0 Å². The number of sulfonamides is 1. The first kappa shape index (κ1) is 15.8. The Kier molecular flexibility index (Phi) is 4.52. The number of rotatable bonds is 5. The summed E-state index contributed by atoms with van der Waals surface area (Å²) in [5.41, 5.74) is 1.90. The maximum absolute atomic E-state index is 12.2. The van der Waals surface area contributed by atoms with E-state index in [1.54, 1.807) is 48.5 Å². The van der Waals surface area contributed by atoms with Gasteiger partial charge in [0.05, 0.1) is 17.7 Å². The second-order valence-corrected chi connectivity index (χ2v) is 7.14. The van der Waals surface area contributed by atoms with Crippen molar-refractivity contribution in [2.75, 3.05) is 0 Å². The summed E-state index contributed by atoms with van der Waals surface area (Å²) in [5, 5.41) is 0.662. The highest BCUT2D eigenvalue weighted by molar-refractivity contribution is 7.89. The smallest absolute Gasteiger partial charge is 0.240 e. The van der Waals surface area contributed by atoms with Crippen LogP contribution in [0.25, 0.3) is 11.1 Å². The van der Waals surface area contributed by atoms with E-state index in [9.17, 15) is 8.42 Å². The minimum atomic E-state index is -3.57. The first-order valence-corrected chi connectivity index (χ1v) is 8.79. The van der Waals surface area contributed by atoms with E-state index in [0.29, 0.717) is 10.8 Å². The molecule has 1 N–H and O–H groups in total. The highest BCUT2D eigenvalue weighted by Gasteiger charge is 2.14. The van der Waals surface area contributed by atoms with E-state index < -0.39 is 10.0 Å². The molecule has 3 rings (SSSR count). The van der Waals surface area contributed by atoms with Crippen molar-refractivity contribution in [3.05, 3.63) is 77.7 Å². The molecule has 1 heterocycles. The molecule has 0 saturated carbocycles. The second kappa shape index (κ2) is 6.58. The molecule has 0 aliphatic rings. The van der Waals surface area contributed by atoms with E-state index in [1.807, 2.05) is 12.1 Å². The van der Waals surface area contributed by atoms with Crippen LogP contribution in [0.3, 0.4) is 0 Å². The Morgan fingerprint density at radius 3 is 2.09 bits per heavy atom. The van der Waals surface area contributed by atoms with Gasteiger partial charge in [0.1, 0.15) is 5.76 Å². The third-order valence-corrected chi connectivity index (χ3v) is 5.03. The van der Waals surface area contributed by atoms with Crippen molar-refractivity contribution < 1.29 is 12.8 Å². The Bertz CT molecular complexity index is 871. The normalized spacial score (nSPS) is 11.5. The highest BCUT2D eigenvalue weighted by atomic mass is 35.5. The molecule has 0 spiro atoms. The number of nitrogens with one attached hydrogen (secondary N) is 1. The molecule has 4 nitrogen and oxygen atoms in total. The van der Waals surface area contributed by atoms with Crippen LogP contribution < -0.4 is 4.72 Å². The van der Waals surface area contributed by atoms with Gasteiger partial charge in [0, 0.05) is 5.02 Å². The Labute approximate surface area is 139 Å². The van der Waals surface area contributed by atoms with Crippen LogP contribution in [0.4, 0.5) is 0 Å². The molecular weight excluding hydrogens is 334 g/mol. The van der Waals surface area contributed by atoms with Crippen molar-refractivity contribution in [3.8, 4) is 11.1 Å². The van der Waals surface area contributed by atoms with Gasteiger partial charge in [-0.05, 0) is 47.5 Å². The van der Waals surface area contributed by atoms with Crippen molar-refractivity contribution in [1.29, 1.82) is 0 Å². The minimum Gasteiger partial charge on any atom is -0.468 e. The molecule has 23 heavy (non-hydrogen) atoms. The van der Waals surface area contributed by atoms with Gasteiger partial charge in [-0.1, -0.05) is 35.9 Å². The molecule has 0 radical (unpaired) electrons. The maximum Gasteiger partial charge on any atom is 0.240 e. The highest BCUT2D eigenvalue weighted by Crippen LogP contribution is 2.23. The van der Waals surface area contributed by atoms with E-state index in [2.05, 4.69) is 4.72 Å². The van der Waals surface area contributed by atoms with Gasteiger partial charge < -0.3 is 4.42 Å². The predicted octanol–water partition coefficient (Wildman–Crippen LogP) is 4.08. The van der Waals surface area contributed by atoms with Gasteiger partial charge in [0.2, 0.25) is 10.0 Å². The molecule has 1 aromatic heterocycles. The second-order valence-electron chi connectivity index (χ2n) is 4.94. The summed E-state index contributed by atoms with van der Waals surface area (Å²) in [7, 11) is -3.57. The van der Waals surface area contributed by atoms with Gasteiger partial charge in [0.25, 0.3) is 0 Å². The molecule has 0 fully saturated rings. The molecule has 0 aliphatic carbocycles. The van der Waals surface area contributed by atoms with Crippen molar-refractivity contribution >= 4 is 21.6 Å². The Morgan fingerprint density at radius 1 is 0.913 bits per heavy atom. The van der Waals surface area contributed by atoms with E-state index in [4.69, 9.17) is 16.0 Å². The molecule has 3 aromatic rings. The molecular formula is C17H14ClNO3S. The average molecular weight is 348 g/mol. The van der Waals surface area contributed by atoms with Crippen molar-refractivity contribution in [2.24, 2.45) is 0 Å². The van der Waals surface area contributed by atoms with Gasteiger partial charge in [-0.3, -0.25) is 0 Å². The zero-order valence-corrected chi connectivity index (χ0v) is 13.6. The fourth-order valence-corrected chi connectivity index (χ4v) is 3.25. The molecule has 6 heteroatoms. The number of hydrogen-bond donors (Lipinski definition) is 1. The van der Waals surface area contributed by atoms with Crippen LogP contribution in [-0.4, -0.2) is 8.42 Å². The van der Waals surface area contributed by atoms with E-state index in [0.717, 1.165) is 11.1 Å². The molecule has 0 saturated heterocycles. The summed E-state index contributed by atoms with van der Waals surface area (Å²) >= 11 is 5.87. The monoisotopic (exact) mass is 347 g/mol. The topological polar surface area (TPSA) is 59.3 Å². The van der Waals surface area contributed by atoms with E-state index in [-0.39, 0.29) is 11.4 Å². The third kappa shape index (κ3) is 3.82. The average Bonchev–Trinajstić information content (AvgIpc) is 3.08. The van der Waals surface area contributed by atoms with Gasteiger partial charge >= 0.3 is 0 Å². The summed E-state index contributed by atoms with van der Waals surface area (Å²) in [6.07, 6.45) is 1.50. The Balaban J connectivity index is 1.76. The zero-order chi connectivity index (χ0) is 16.3. The lowest BCUT2D eigenvalue weighted by atomic mass is 10.1. The fourth-order valence-electron chi connectivity index (χ4n) is 2.13. The van der Waals surface area contributed by atoms with Crippen LogP contribution in [0.5, 0.6) is 0 Å². The van der Waals surface area contributed by atoms with Gasteiger partial charge in [-0.25, -0.2) is 13.1 Å². The van der Waals surface area contributed by atoms with Gasteiger partial charge in [0.15, 0.2) is 0 Å². The number of furan rings is 1. The Hall–Kier alpha value is -2.08. The van der Waals surface area contributed by atoms with Crippen LogP contribution in [0.2, 0.25) is 5.02 Å². The molecule has 0 bridgehead atoms. The van der Waals surface area contributed by atoms with Crippen LogP contribution >= 0.6 is 11.6 Å². The quantitative estimate of drug-likeness (QED) is 0.756. The van der Waals surface area contributed by atoms with Crippen LogP contribution in [-0.2, 0) is 16.6 Å². The number of hydrogen-bond acceptors (Lipinski definition) is 3. The van der Waals surface area contributed by atoms with Crippen LogP contribution in [0.15, 0.2) is 76.2 Å². The standard InChI is InChI=1S/C17H14ClNO3S/c18-15-7-3-13(4-8-15)14-5-9-17(10-6-14)23(20,21)19-12-16-2-1-11-22-16/h1-11,19H,12H2. The molecule has 2 aromatic carbocycles. The first-order chi connectivity index (χ1) is 11.0. The lowest BCUT2D eigenvalue weighted by Crippen LogP contribution is -2.22. The molecule has 0 unspecified atom stereocenters. The van der Waals surface area contributed by atoms with Gasteiger partial charge in [-0.2, -0.15) is 0 Å². The minimum absolute atomic E-state index is 0.119. The van der Waals surface area contributed by atoms with E-state index in [1.165, 1.54) is 6.26 Å². The summed E-state index contributed by atoms with van der Waals surface area (Å²) in [6.45, 7) is 0.119. The lowest BCUT2D eigenvalue weighted by Gasteiger charge is -2.07. The molecule has 0 amide bonds. The van der Waals surface area contributed by atoms with E-state index >= 15 is 0 Å². The summed E-state index contributed by atoms with van der Waals surface area (Å²) in [4.78, 5) is 0.210. The predicted molar refractivity (Wildman–Crippen MR) is 89.6 cm³/mol. The van der Waals surface area contributed by atoms with Crippen LogP contribution in [0.1, 0.15) is 5.76 Å². The summed E-state index contributed by atoms with van der Waals surface area (Å²) in [5.74, 6) is 0.561. The molecule has 0 aliphatic heterocycles.